The second-order valence-electron chi connectivity index (χ2n) is 5.22. The van der Waals surface area contributed by atoms with E-state index in [0.29, 0.717) is 11.8 Å². The summed E-state index contributed by atoms with van der Waals surface area (Å²) < 4.78 is 26.2. The molecular formula is C12H18N2O2S. The molecule has 1 aromatic heterocycles. The van der Waals surface area contributed by atoms with E-state index in [1.807, 2.05) is 6.20 Å². The van der Waals surface area contributed by atoms with Crippen LogP contribution in [0.5, 0.6) is 0 Å². The molecule has 3 heterocycles. The Balaban J connectivity index is 2.07. The molecule has 0 N–H and O–H groups in total. The summed E-state index contributed by atoms with van der Waals surface area (Å²) in [5.74, 6) is 1.12. The van der Waals surface area contributed by atoms with Crippen LogP contribution in [-0.2, 0) is 16.3 Å². The van der Waals surface area contributed by atoms with Crippen molar-refractivity contribution in [3.63, 3.8) is 0 Å². The van der Waals surface area contributed by atoms with Crippen LogP contribution in [0.15, 0.2) is 6.20 Å². The fourth-order valence-corrected chi connectivity index (χ4v) is 5.01. The zero-order valence-electron chi connectivity index (χ0n) is 10.1. The van der Waals surface area contributed by atoms with Crippen LogP contribution in [0.25, 0.3) is 0 Å². The Morgan fingerprint density at radius 2 is 2.18 bits per heavy atom. The van der Waals surface area contributed by atoms with Crippen LogP contribution in [0.3, 0.4) is 0 Å². The average Bonchev–Trinajstić information content (AvgIpc) is 2.82. The molecule has 0 amide bonds. The topological polar surface area (TPSA) is 52.0 Å². The molecule has 2 atom stereocenters. The third kappa shape index (κ3) is 1.71. The lowest BCUT2D eigenvalue weighted by molar-refractivity contribution is 0.415. The number of sulfone groups is 1. The monoisotopic (exact) mass is 254 g/mol. The Morgan fingerprint density at radius 1 is 1.35 bits per heavy atom. The minimum atomic E-state index is -2.95. The van der Waals surface area contributed by atoms with Gasteiger partial charge in [0.15, 0.2) is 9.84 Å². The smallest absolute Gasteiger partial charge is 0.160 e. The van der Waals surface area contributed by atoms with E-state index >= 15 is 0 Å². The van der Waals surface area contributed by atoms with Crippen LogP contribution < -0.4 is 0 Å². The summed E-state index contributed by atoms with van der Waals surface area (Å²) in [4.78, 5) is 4.41. The van der Waals surface area contributed by atoms with Crippen molar-refractivity contribution >= 4 is 9.84 Å². The van der Waals surface area contributed by atoms with Gasteiger partial charge >= 0.3 is 0 Å². The minimum absolute atomic E-state index is 0.328. The second kappa shape index (κ2) is 3.83. The van der Waals surface area contributed by atoms with Gasteiger partial charge < -0.3 is 4.57 Å². The first-order valence-electron chi connectivity index (χ1n) is 6.37. The maximum atomic E-state index is 12.0. The molecule has 0 radical (unpaired) electrons. The molecule has 0 bridgehead atoms. The molecule has 1 fully saturated rings. The lowest BCUT2D eigenvalue weighted by Crippen LogP contribution is -2.21. The van der Waals surface area contributed by atoms with E-state index in [2.05, 4.69) is 16.5 Å². The van der Waals surface area contributed by atoms with Gasteiger partial charge in [-0.25, -0.2) is 13.4 Å². The Morgan fingerprint density at radius 3 is 2.88 bits per heavy atom. The Labute approximate surface area is 102 Å². The van der Waals surface area contributed by atoms with E-state index in [4.69, 9.17) is 0 Å². The van der Waals surface area contributed by atoms with Crippen molar-refractivity contribution in [1.29, 1.82) is 0 Å². The van der Waals surface area contributed by atoms with Crippen molar-refractivity contribution in [1.82, 2.24) is 9.55 Å². The largest absolute Gasteiger partial charge is 0.328 e. The summed E-state index contributed by atoms with van der Waals surface area (Å²) in [6, 6.07) is 0.395. The van der Waals surface area contributed by atoms with E-state index in [1.54, 1.807) is 0 Å². The number of nitrogens with zero attached hydrogens (tertiary/aromatic N) is 2. The molecule has 94 valence electrons. The number of aryl methyl sites for hydroxylation is 1. The van der Waals surface area contributed by atoms with Gasteiger partial charge in [-0.05, 0) is 39.0 Å². The van der Waals surface area contributed by atoms with E-state index in [9.17, 15) is 8.42 Å². The van der Waals surface area contributed by atoms with Gasteiger partial charge in [0.1, 0.15) is 11.1 Å². The van der Waals surface area contributed by atoms with Gasteiger partial charge in [0.2, 0.25) is 0 Å². The van der Waals surface area contributed by atoms with Gasteiger partial charge in [-0.15, -0.1) is 0 Å². The van der Waals surface area contributed by atoms with Crippen LogP contribution in [0.4, 0.5) is 0 Å². The summed E-state index contributed by atoms with van der Waals surface area (Å²) >= 11 is 0. The number of hydrogen-bond donors (Lipinski definition) is 0. The molecule has 0 aromatic carbocycles. The van der Waals surface area contributed by atoms with E-state index in [-0.39, 0.29) is 5.25 Å². The SMILES string of the molecule is CC1CCCc2cnc(C3CCCS3(=O)=O)n21. The van der Waals surface area contributed by atoms with E-state index < -0.39 is 9.84 Å². The summed E-state index contributed by atoms with van der Waals surface area (Å²) in [6.07, 6.45) is 6.74. The molecule has 1 saturated heterocycles. The normalized spacial score (nSPS) is 31.4. The molecule has 0 spiro atoms. The Hall–Kier alpha value is -0.840. The lowest BCUT2D eigenvalue weighted by Gasteiger charge is -2.25. The number of aromatic nitrogens is 2. The Bertz CT molecular complexity index is 533. The molecule has 4 nitrogen and oxygen atoms in total. The van der Waals surface area contributed by atoms with Crippen LogP contribution >= 0.6 is 0 Å². The highest BCUT2D eigenvalue weighted by molar-refractivity contribution is 7.91. The van der Waals surface area contributed by atoms with Gasteiger partial charge in [0.25, 0.3) is 0 Å². The second-order valence-corrected chi connectivity index (χ2v) is 7.52. The molecule has 5 heteroatoms. The first-order valence-corrected chi connectivity index (χ1v) is 8.09. The van der Waals surface area contributed by atoms with Crippen molar-refractivity contribution in [3.8, 4) is 0 Å². The highest BCUT2D eigenvalue weighted by Crippen LogP contribution is 2.37. The van der Waals surface area contributed by atoms with E-state index in [1.165, 1.54) is 12.1 Å². The Kier molecular flexibility index (Phi) is 2.54. The summed E-state index contributed by atoms with van der Waals surface area (Å²) in [5.41, 5.74) is 1.21. The van der Waals surface area contributed by atoms with Crippen molar-refractivity contribution in [3.05, 3.63) is 17.7 Å². The highest BCUT2D eigenvalue weighted by atomic mass is 32.2. The standard InChI is InChI=1S/C12H18N2O2S/c1-9-4-2-5-10-8-13-12(14(9)10)11-6-3-7-17(11,15)16/h8-9,11H,2-7H2,1H3. The van der Waals surface area contributed by atoms with Crippen LogP contribution in [0, 0.1) is 0 Å². The van der Waals surface area contributed by atoms with Crippen molar-refractivity contribution in [2.24, 2.45) is 0 Å². The van der Waals surface area contributed by atoms with Crippen LogP contribution in [-0.4, -0.2) is 23.7 Å². The molecule has 0 saturated carbocycles. The molecular weight excluding hydrogens is 236 g/mol. The first kappa shape index (κ1) is 11.3. The van der Waals surface area contributed by atoms with Gasteiger partial charge in [-0.3, -0.25) is 0 Å². The predicted molar refractivity (Wildman–Crippen MR) is 65.6 cm³/mol. The molecule has 0 aliphatic carbocycles. The molecule has 2 unspecified atom stereocenters. The highest BCUT2D eigenvalue weighted by Gasteiger charge is 2.37. The number of hydrogen-bond acceptors (Lipinski definition) is 3. The van der Waals surface area contributed by atoms with Crippen molar-refractivity contribution in [2.45, 2.75) is 50.3 Å². The summed E-state index contributed by atoms with van der Waals surface area (Å²) in [6.45, 7) is 2.16. The summed E-state index contributed by atoms with van der Waals surface area (Å²) in [7, 11) is -2.95. The van der Waals surface area contributed by atoms with Gasteiger partial charge in [0.05, 0.1) is 5.75 Å². The van der Waals surface area contributed by atoms with Crippen molar-refractivity contribution < 1.29 is 8.42 Å². The van der Waals surface area contributed by atoms with Gasteiger partial charge in [-0.1, -0.05) is 0 Å². The third-order valence-corrected chi connectivity index (χ3v) is 6.19. The quantitative estimate of drug-likeness (QED) is 0.770. The summed E-state index contributed by atoms with van der Waals surface area (Å²) in [5, 5.41) is -0.350. The fraction of sp³-hybridized carbons (Fsp3) is 0.750. The number of fused-ring (bicyclic) bond motifs is 1. The van der Waals surface area contributed by atoms with Gasteiger partial charge in [0, 0.05) is 17.9 Å². The molecule has 3 rings (SSSR count). The molecule has 2 aliphatic heterocycles. The predicted octanol–water partition coefficient (Wildman–Crippen LogP) is 2.03. The molecule has 1 aromatic rings. The molecule has 17 heavy (non-hydrogen) atoms. The number of rotatable bonds is 1. The van der Waals surface area contributed by atoms with Gasteiger partial charge in [-0.2, -0.15) is 0 Å². The van der Waals surface area contributed by atoms with Crippen molar-refractivity contribution in [2.75, 3.05) is 5.75 Å². The average molecular weight is 254 g/mol. The first-order chi connectivity index (χ1) is 8.09. The fourth-order valence-electron chi connectivity index (χ4n) is 3.13. The third-order valence-electron chi connectivity index (χ3n) is 4.01. The number of imidazole rings is 1. The molecule has 2 aliphatic rings. The van der Waals surface area contributed by atoms with Crippen LogP contribution in [0.1, 0.15) is 55.4 Å². The van der Waals surface area contributed by atoms with Crippen LogP contribution in [0.2, 0.25) is 0 Å². The zero-order valence-corrected chi connectivity index (χ0v) is 10.9. The van der Waals surface area contributed by atoms with E-state index in [0.717, 1.165) is 31.5 Å². The lowest BCUT2D eigenvalue weighted by atomic mass is 10.0. The maximum absolute atomic E-state index is 12.0. The minimum Gasteiger partial charge on any atom is -0.328 e. The maximum Gasteiger partial charge on any atom is 0.160 e. The zero-order chi connectivity index (χ0) is 12.0.